The summed E-state index contributed by atoms with van der Waals surface area (Å²) >= 11 is 0. The van der Waals surface area contributed by atoms with Crippen molar-refractivity contribution in [1.29, 1.82) is 0 Å². The number of nitrogens with one attached hydrogen (secondary N) is 1. The number of hydrogen-bond acceptors (Lipinski definition) is 3. The van der Waals surface area contributed by atoms with Crippen LogP contribution in [0, 0.1) is 5.92 Å². The van der Waals surface area contributed by atoms with Crippen molar-refractivity contribution in [3.8, 4) is 5.75 Å². The van der Waals surface area contributed by atoms with Gasteiger partial charge in [-0.25, -0.2) is 0 Å². The van der Waals surface area contributed by atoms with Gasteiger partial charge in [0, 0.05) is 24.2 Å². The van der Waals surface area contributed by atoms with Gasteiger partial charge in [0.2, 0.25) is 0 Å². The van der Waals surface area contributed by atoms with Crippen molar-refractivity contribution in [2.75, 3.05) is 24.6 Å². The number of ether oxygens (including phenoxy) is 1. The largest absolute Gasteiger partial charge is 0.483 e. The van der Waals surface area contributed by atoms with Gasteiger partial charge in [-0.2, -0.15) is 0 Å². The van der Waals surface area contributed by atoms with E-state index in [0.717, 1.165) is 41.1 Å². The van der Waals surface area contributed by atoms with Crippen LogP contribution in [-0.4, -0.2) is 25.6 Å². The van der Waals surface area contributed by atoms with E-state index in [4.69, 9.17) is 4.74 Å². The van der Waals surface area contributed by atoms with Crippen LogP contribution in [0.1, 0.15) is 38.3 Å². The van der Waals surface area contributed by atoms with Crippen LogP contribution in [0.25, 0.3) is 10.8 Å². The first-order valence-corrected chi connectivity index (χ1v) is 10.8. The van der Waals surface area contributed by atoms with Crippen LogP contribution in [0.15, 0.2) is 66.7 Å². The Morgan fingerprint density at radius 3 is 2.50 bits per heavy atom. The highest BCUT2D eigenvalue weighted by Gasteiger charge is 2.17. The molecule has 0 saturated carbocycles. The van der Waals surface area contributed by atoms with Gasteiger partial charge in [-0.1, -0.05) is 55.5 Å². The number of amides is 1. The summed E-state index contributed by atoms with van der Waals surface area (Å²) in [6.45, 7) is 6.58. The summed E-state index contributed by atoms with van der Waals surface area (Å²) in [5.74, 6) is 1.44. The Morgan fingerprint density at radius 1 is 1.03 bits per heavy atom. The predicted molar refractivity (Wildman–Crippen MR) is 123 cm³/mol. The maximum Gasteiger partial charge on any atom is 0.258 e. The Kier molecular flexibility index (Phi) is 6.22. The summed E-state index contributed by atoms with van der Waals surface area (Å²) in [4.78, 5) is 14.9. The number of piperidine rings is 1. The molecule has 0 aromatic heterocycles. The van der Waals surface area contributed by atoms with Gasteiger partial charge in [-0.05, 0) is 54.8 Å². The summed E-state index contributed by atoms with van der Waals surface area (Å²) in [5.41, 5.74) is 2.37. The maximum atomic E-state index is 12.4. The minimum Gasteiger partial charge on any atom is -0.483 e. The van der Waals surface area contributed by atoms with E-state index >= 15 is 0 Å². The van der Waals surface area contributed by atoms with Crippen molar-refractivity contribution in [1.82, 2.24) is 5.32 Å². The third-order valence-electron chi connectivity index (χ3n) is 6.03. The zero-order valence-electron chi connectivity index (χ0n) is 17.8. The number of hydrogen-bond donors (Lipinski definition) is 1. The highest BCUT2D eigenvalue weighted by molar-refractivity contribution is 5.88. The van der Waals surface area contributed by atoms with Gasteiger partial charge in [0.25, 0.3) is 5.91 Å². The molecule has 1 aliphatic heterocycles. The van der Waals surface area contributed by atoms with Crippen LogP contribution in [0.4, 0.5) is 5.69 Å². The fourth-order valence-electron chi connectivity index (χ4n) is 4.07. The normalized spacial score (nSPS) is 15.7. The summed E-state index contributed by atoms with van der Waals surface area (Å²) in [7, 11) is 0. The first kappa shape index (κ1) is 20.3. The predicted octanol–water partition coefficient (Wildman–Crippen LogP) is 5.33. The Labute approximate surface area is 178 Å². The summed E-state index contributed by atoms with van der Waals surface area (Å²) in [6.07, 6.45) is 2.51. The monoisotopic (exact) mass is 402 g/mol. The topological polar surface area (TPSA) is 41.6 Å². The van der Waals surface area contributed by atoms with Gasteiger partial charge in [0.15, 0.2) is 6.61 Å². The molecule has 4 rings (SSSR count). The van der Waals surface area contributed by atoms with Crippen molar-refractivity contribution in [3.05, 3.63) is 72.3 Å². The molecule has 1 amide bonds. The number of rotatable bonds is 6. The van der Waals surface area contributed by atoms with Gasteiger partial charge in [-0.3, -0.25) is 4.79 Å². The molecule has 1 unspecified atom stereocenters. The molecule has 0 bridgehead atoms. The Morgan fingerprint density at radius 2 is 1.73 bits per heavy atom. The molecule has 0 aliphatic carbocycles. The van der Waals surface area contributed by atoms with E-state index in [1.54, 1.807) is 0 Å². The average molecular weight is 403 g/mol. The molecule has 1 fully saturated rings. The lowest BCUT2D eigenvalue weighted by Crippen LogP contribution is -2.33. The fraction of sp³-hybridized carbons (Fsp3) is 0.346. The lowest BCUT2D eigenvalue weighted by molar-refractivity contribution is -0.123. The van der Waals surface area contributed by atoms with Crippen molar-refractivity contribution in [2.24, 2.45) is 5.92 Å². The van der Waals surface area contributed by atoms with E-state index in [-0.39, 0.29) is 18.6 Å². The number of carbonyl (C=O) groups excluding carboxylic acids is 1. The smallest absolute Gasteiger partial charge is 0.258 e. The van der Waals surface area contributed by atoms with Gasteiger partial charge < -0.3 is 15.0 Å². The quantitative estimate of drug-likeness (QED) is 0.606. The molecule has 0 spiro atoms. The third kappa shape index (κ3) is 4.76. The SMILES string of the molecule is CC1CCN(c2ccc(C(C)NC(=O)COc3cccc4ccccc34)cc2)CC1. The number of carbonyl (C=O) groups is 1. The molecule has 1 heterocycles. The Bertz CT molecular complexity index is 986. The fourth-order valence-corrected chi connectivity index (χ4v) is 4.07. The van der Waals surface area contributed by atoms with Crippen molar-refractivity contribution < 1.29 is 9.53 Å². The van der Waals surface area contributed by atoms with Gasteiger partial charge in [0.05, 0.1) is 6.04 Å². The van der Waals surface area contributed by atoms with Crippen LogP contribution >= 0.6 is 0 Å². The lowest BCUT2D eigenvalue weighted by Gasteiger charge is -2.32. The second-order valence-corrected chi connectivity index (χ2v) is 8.32. The average Bonchev–Trinajstić information content (AvgIpc) is 2.78. The van der Waals surface area contributed by atoms with Crippen molar-refractivity contribution in [2.45, 2.75) is 32.7 Å². The molecule has 1 aliphatic rings. The molecule has 3 aromatic carbocycles. The molecule has 4 nitrogen and oxygen atoms in total. The molecule has 0 radical (unpaired) electrons. The molecule has 156 valence electrons. The number of anilines is 1. The first-order valence-electron chi connectivity index (χ1n) is 10.8. The summed E-state index contributed by atoms with van der Waals surface area (Å²) < 4.78 is 5.81. The van der Waals surface area contributed by atoms with E-state index in [9.17, 15) is 4.79 Å². The van der Waals surface area contributed by atoms with E-state index in [1.807, 2.05) is 49.4 Å². The lowest BCUT2D eigenvalue weighted by atomic mass is 9.98. The number of fused-ring (bicyclic) bond motifs is 1. The van der Waals surface area contributed by atoms with Crippen LogP contribution in [0.3, 0.4) is 0 Å². The van der Waals surface area contributed by atoms with Crippen LogP contribution < -0.4 is 15.0 Å². The van der Waals surface area contributed by atoms with Crippen LogP contribution in [-0.2, 0) is 4.79 Å². The minimum absolute atomic E-state index is 0.00237. The molecule has 1 saturated heterocycles. The van der Waals surface area contributed by atoms with Gasteiger partial charge >= 0.3 is 0 Å². The van der Waals surface area contributed by atoms with Crippen LogP contribution in [0.5, 0.6) is 5.75 Å². The highest BCUT2D eigenvalue weighted by atomic mass is 16.5. The first-order chi connectivity index (χ1) is 14.6. The molecule has 1 atom stereocenters. The second-order valence-electron chi connectivity index (χ2n) is 8.32. The van der Waals surface area contributed by atoms with E-state index in [1.165, 1.54) is 18.5 Å². The molecule has 1 N–H and O–H groups in total. The molecular formula is C26H30N2O2. The van der Waals surface area contributed by atoms with E-state index in [0.29, 0.717) is 0 Å². The second kappa shape index (κ2) is 9.21. The zero-order chi connectivity index (χ0) is 20.9. The standard InChI is InChI=1S/C26H30N2O2/c1-19-14-16-28(17-15-19)23-12-10-21(11-13-23)20(2)27-26(29)18-30-25-9-5-7-22-6-3-4-8-24(22)25/h3-13,19-20H,14-18H2,1-2H3,(H,27,29). The van der Waals surface area contributed by atoms with Crippen molar-refractivity contribution in [3.63, 3.8) is 0 Å². The van der Waals surface area contributed by atoms with E-state index < -0.39 is 0 Å². The Balaban J connectivity index is 1.32. The summed E-state index contributed by atoms with van der Waals surface area (Å²) in [6, 6.07) is 22.4. The van der Waals surface area contributed by atoms with E-state index in [2.05, 4.69) is 41.4 Å². The Hall–Kier alpha value is -3.01. The van der Waals surface area contributed by atoms with Crippen LogP contribution in [0.2, 0.25) is 0 Å². The zero-order valence-corrected chi connectivity index (χ0v) is 17.8. The molecule has 4 heteroatoms. The minimum atomic E-state index is -0.121. The maximum absolute atomic E-state index is 12.4. The molecule has 30 heavy (non-hydrogen) atoms. The van der Waals surface area contributed by atoms with Gasteiger partial charge in [0.1, 0.15) is 5.75 Å². The summed E-state index contributed by atoms with van der Waals surface area (Å²) in [5, 5.41) is 5.16. The third-order valence-corrected chi connectivity index (χ3v) is 6.03. The highest BCUT2D eigenvalue weighted by Crippen LogP contribution is 2.26. The molecule has 3 aromatic rings. The molecular weight excluding hydrogens is 372 g/mol. The van der Waals surface area contributed by atoms with Crippen molar-refractivity contribution >= 4 is 22.4 Å². The number of nitrogens with zero attached hydrogens (tertiary/aromatic N) is 1. The van der Waals surface area contributed by atoms with Gasteiger partial charge in [-0.15, -0.1) is 0 Å². The number of benzene rings is 3.